The van der Waals surface area contributed by atoms with Gasteiger partial charge in [-0.1, -0.05) is 42.5 Å². The van der Waals surface area contributed by atoms with Gasteiger partial charge in [-0.05, 0) is 48.6 Å². The van der Waals surface area contributed by atoms with E-state index in [0.29, 0.717) is 16.3 Å². The highest BCUT2D eigenvalue weighted by Crippen LogP contribution is 2.31. The van der Waals surface area contributed by atoms with Crippen molar-refractivity contribution in [2.45, 2.75) is 32.8 Å². The first-order valence-electron chi connectivity index (χ1n) is 8.15. The number of carboxylic acid groups (broad SMARTS) is 1. The number of carbonyl (C=O) groups is 2. The van der Waals surface area contributed by atoms with Crippen LogP contribution in [0.15, 0.2) is 48.5 Å². The zero-order chi connectivity index (χ0) is 18.2. The quantitative estimate of drug-likeness (QED) is 0.562. The van der Waals surface area contributed by atoms with Crippen molar-refractivity contribution < 1.29 is 19.4 Å². The second-order valence-corrected chi connectivity index (χ2v) is 7.06. The third-order valence-corrected chi connectivity index (χ3v) is 3.94. The highest BCUT2D eigenvalue weighted by atomic mass is 16.6. The Kier molecular flexibility index (Phi) is 4.21. The molecule has 0 radical (unpaired) electrons. The molecule has 0 spiro atoms. The molecule has 0 saturated carbocycles. The van der Waals surface area contributed by atoms with Gasteiger partial charge in [-0.25, -0.2) is 4.79 Å². The van der Waals surface area contributed by atoms with Gasteiger partial charge in [0, 0.05) is 5.39 Å². The van der Waals surface area contributed by atoms with Crippen molar-refractivity contribution in [2.24, 2.45) is 0 Å². The molecule has 3 aromatic rings. The number of carboxylic acids is 1. The molecule has 3 rings (SSSR count). The molecule has 128 valence electrons. The topological polar surface area (TPSA) is 63.6 Å². The minimum absolute atomic E-state index is 0.0350. The van der Waals surface area contributed by atoms with Crippen LogP contribution in [0.5, 0.6) is 0 Å². The van der Waals surface area contributed by atoms with Gasteiger partial charge in [0.05, 0.1) is 12.0 Å². The van der Waals surface area contributed by atoms with Crippen LogP contribution in [-0.2, 0) is 16.0 Å². The summed E-state index contributed by atoms with van der Waals surface area (Å²) in [5.74, 6) is -1.37. The van der Waals surface area contributed by atoms with E-state index in [4.69, 9.17) is 4.74 Å². The fourth-order valence-corrected chi connectivity index (χ4v) is 3.10. The van der Waals surface area contributed by atoms with Crippen LogP contribution in [-0.4, -0.2) is 22.6 Å². The van der Waals surface area contributed by atoms with Crippen molar-refractivity contribution >= 4 is 33.5 Å². The molecule has 0 aliphatic heterocycles. The first kappa shape index (κ1) is 17.0. The number of hydrogen-bond acceptors (Lipinski definition) is 3. The van der Waals surface area contributed by atoms with Gasteiger partial charge in [0.1, 0.15) is 5.60 Å². The number of ether oxygens (including phenoxy) is 1. The van der Waals surface area contributed by atoms with E-state index < -0.39 is 11.6 Å². The van der Waals surface area contributed by atoms with Gasteiger partial charge in [0.2, 0.25) is 0 Å². The van der Waals surface area contributed by atoms with Crippen LogP contribution in [0.25, 0.3) is 21.5 Å². The molecule has 0 amide bonds. The van der Waals surface area contributed by atoms with Crippen LogP contribution in [0.4, 0.5) is 0 Å². The summed E-state index contributed by atoms with van der Waals surface area (Å²) in [4.78, 5) is 24.2. The predicted octanol–water partition coefficient (Wildman–Crippen LogP) is 4.58. The Morgan fingerprint density at radius 2 is 1.68 bits per heavy atom. The van der Waals surface area contributed by atoms with Crippen LogP contribution in [0.3, 0.4) is 0 Å². The van der Waals surface area contributed by atoms with Crippen molar-refractivity contribution in [3.05, 3.63) is 59.7 Å². The summed E-state index contributed by atoms with van der Waals surface area (Å²) >= 11 is 0. The summed E-state index contributed by atoms with van der Waals surface area (Å²) in [5.41, 5.74) is 0.312. The van der Waals surface area contributed by atoms with Crippen molar-refractivity contribution in [3.63, 3.8) is 0 Å². The Labute approximate surface area is 146 Å². The van der Waals surface area contributed by atoms with Gasteiger partial charge in [-0.3, -0.25) is 4.79 Å². The Bertz CT molecular complexity index is 980. The number of aromatic carboxylic acids is 1. The lowest BCUT2D eigenvalue weighted by Crippen LogP contribution is -2.25. The molecule has 0 atom stereocenters. The highest BCUT2D eigenvalue weighted by molar-refractivity contribution is 6.17. The molecular formula is C21H20O4. The van der Waals surface area contributed by atoms with Crippen LogP contribution >= 0.6 is 0 Å². The summed E-state index contributed by atoms with van der Waals surface area (Å²) in [6, 6.07) is 14.8. The molecule has 4 nitrogen and oxygen atoms in total. The SMILES string of the molecule is CC(C)(C)OC(=O)Cc1cccc2cc3ccccc3c(C(=O)O)c12. The predicted molar refractivity (Wildman–Crippen MR) is 98.0 cm³/mol. The average Bonchev–Trinajstić information content (AvgIpc) is 2.50. The number of rotatable bonds is 3. The monoisotopic (exact) mass is 336 g/mol. The van der Waals surface area contributed by atoms with E-state index in [9.17, 15) is 14.7 Å². The van der Waals surface area contributed by atoms with E-state index in [1.165, 1.54) is 0 Å². The van der Waals surface area contributed by atoms with E-state index in [1.54, 1.807) is 12.1 Å². The largest absolute Gasteiger partial charge is 0.478 e. The van der Waals surface area contributed by atoms with E-state index >= 15 is 0 Å². The Hall–Kier alpha value is -2.88. The number of benzene rings is 3. The summed E-state index contributed by atoms with van der Waals surface area (Å²) in [5, 5.41) is 12.7. The average molecular weight is 336 g/mol. The maximum atomic E-state index is 12.2. The first-order valence-corrected chi connectivity index (χ1v) is 8.15. The van der Waals surface area contributed by atoms with Crippen LogP contribution in [0.2, 0.25) is 0 Å². The van der Waals surface area contributed by atoms with Gasteiger partial charge in [0.15, 0.2) is 0 Å². The number of fused-ring (bicyclic) bond motifs is 2. The lowest BCUT2D eigenvalue weighted by Gasteiger charge is -2.20. The third kappa shape index (κ3) is 3.48. The van der Waals surface area contributed by atoms with E-state index in [1.807, 2.05) is 57.2 Å². The van der Waals surface area contributed by atoms with Crippen molar-refractivity contribution in [1.29, 1.82) is 0 Å². The number of hydrogen-bond donors (Lipinski definition) is 1. The molecule has 3 aromatic carbocycles. The van der Waals surface area contributed by atoms with E-state index in [0.717, 1.165) is 10.8 Å². The summed E-state index contributed by atoms with van der Waals surface area (Å²) < 4.78 is 5.39. The molecule has 25 heavy (non-hydrogen) atoms. The fraction of sp³-hybridized carbons (Fsp3) is 0.238. The van der Waals surface area contributed by atoms with E-state index in [-0.39, 0.29) is 18.0 Å². The molecule has 4 heteroatoms. The summed E-state index contributed by atoms with van der Waals surface area (Å²) in [7, 11) is 0. The summed E-state index contributed by atoms with van der Waals surface area (Å²) in [6.07, 6.45) is 0.0350. The lowest BCUT2D eigenvalue weighted by molar-refractivity contribution is -0.153. The minimum atomic E-state index is -1.00. The molecular weight excluding hydrogens is 316 g/mol. The molecule has 0 fully saturated rings. The highest BCUT2D eigenvalue weighted by Gasteiger charge is 2.20. The molecule has 0 aromatic heterocycles. The fourth-order valence-electron chi connectivity index (χ4n) is 3.10. The summed E-state index contributed by atoms with van der Waals surface area (Å²) in [6.45, 7) is 5.43. The maximum Gasteiger partial charge on any atom is 0.336 e. The van der Waals surface area contributed by atoms with E-state index in [2.05, 4.69) is 0 Å². The molecule has 0 aliphatic carbocycles. The smallest absolute Gasteiger partial charge is 0.336 e. The van der Waals surface area contributed by atoms with Gasteiger partial charge < -0.3 is 9.84 Å². The number of esters is 1. The standard InChI is InChI=1S/C21H20O4/c1-21(2,3)25-17(22)12-15-9-6-8-14-11-13-7-4-5-10-16(13)19(18(14)15)20(23)24/h4-11H,12H2,1-3H3,(H,23,24). The van der Waals surface area contributed by atoms with Gasteiger partial charge in [-0.2, -0.15) is 0 Å². The molecule has 0 unspecified atom stereocenters. The molecule has 1 N–H and O–H groups in total. The van der Waals surface area contributed by atoms with Crippen molar-refractivity contribution in [2.75, 3.05) is 0 Å². The van der Waals surface area contributed by atoms with Gasteiger partial charge in [-0.15, -0.1) is 0 Å². The zero-order valence-corrected chi connectivity index (χ0v) is 14.5. The Balaban J connectivity index is 2.22. The van der Waals surface area contributed by atoms with Crippen LogP contribution < -0.4 is 0 Å². The third-order valence-electron chi connectivity index (χ3n) is 3.94. The van der Waals surface area contributed by atoms with Crippen molar-refractivity contribution in [1.82, 2.24) is 0 Å². The molecule has 0 bridgehead atoms. The van der Waals surface area contributed by atoms with Crippen LogP contribution in [0.1, 0.15) is 36.7 Å². The Morgan fingerprint density at radius 3 is 2.36 bits per heavy atom. The zero-order valence-electron chi connectivity index (χ0n) is 14.5. The number of carbonyl (C=O) groups excluding carboxylic acids is 1. The lowest BCUT2D eigenvalue weighted by atomic mass is 9.92. The maximum absolute atomic E-state index is 12.2. The van der Waals surface area contributed by atoms with Gasteiger partial charge in [0.25, 0.3) is 0 Å². The first-order chi connectivity index (χ1) is 11.8. The second-order valence-electron chi connectivity index (χ2n) is 7.06. The van der Waals surface area contributed by atoms with Gasteiger partial charge >= 0.3 is 11.9 Å². The normalized spacial score (nSPS) is 11.6. The molecule has 0 saturated heterocycles. The Morgan fingerprint density at radius 1 is 1.00 bits per heavy atom. The second kappa shape index (κ2) is 6.20. The molecule has 0 aliphatic rings. The van der Waals surface area contributed by atoms with Crippen LogP contribution in [0, 0.1) is 0 Å². The molecule has 0 heterocycles. The van der Waals surface area contributed by atoms with Crippen molar-refractivity contribution in [3.8, 4) is 0 Å². The minimum Gasteiger partial charge on any atom is -0.478 e.